The molecule has 3 aliphatic rings. The Hall–Kier alpha value is -1.66. The number of aryl methyl sites for hydroxylation is 2. The topological polar surface area (TPSA) is 67.6 Å². The van der Waals surface area contributed by atoms with Crippen molar-refractivity contribution in [2.24, 2.45) is 11.8 Å². The molecule has 4 atom stereocenters. The summed E-state index contributed by atoms with van der Waals surface area (Å²) in [6.45, 7) is 11.7. The number of nitrogens with zero attached hydrogens (tertiary/aromatic N) is 2. The van der Waals surface area contributed by atoms with Crippen LogP contribution in [0, 0.1) is 25.7 Å². The number of hydrogen-bond donors (Lipinski definition) is 1. The van der Waals surface area contributed by atoms with E-state index < -0.39 is 0 Å². The van der Waals surface area contributed by atoms with Crippen molar-refractivity contribution in [3.05, 3.63) is 29.0 Å². The SMILES string of the molecule is CC(C)=CCCN1C[C@@H]2[C@H](CNC(=O)c3oc(C)nc3C)[C@H]3CC[C@]2(C1)O3. The maximum Gasteiger partial charge on any atom is 0.289 e. The molecule has 6 heteroatoms. The van der Waals surface area contributed by atoms with E-state index in [-0.39, 0.29) is 17.6 Å². The molecular weight excluding hydrogens is 342 g/mol. The van der Waals surface area contributed by atoms with Crippen molar-refractivity contribution in [1.82, 2.24) is 15.2 Å². The first-order valence-corrected chi connectivity index (χ1v) is 10.1. The molecule has 1 aromatic rings. The van der Waals surface area contributed by atoms with Gasteiger partial charge < -0.3 is 14.5 Å². The molecule has 6 nitrogen and oxygen atoms in total. The van der Waals surface area contributed by atoms with Gasteiger partial charge in [-0.25, -0.2) is 4.98 Å². The second-order valence-corrected chi connectivity index (χ2v) is 8.69. The summed E-state index contributed by atoms with van der Waals surface area (Å²) in [5, 5.41) is 3.08. The highest BCUT2D eigenvalue weighted by molar-refractivity contribution is 5.92. The molecule has 1 aromatic heterocycles. The first-order valence-electron chi connectivity index (χ1n) is 10.1. The van der Waals surface area contributed by atoms with Crippen molar-refractivity contribution < 1.29 is 13.9 Å². The van der Waals surface area contributed by atoms with E-state index in [9.17, 15) is 4.79 Å². The Morgan fingerprint density at radius 1 is 1.41 bits per heavy atom. The molecule has 0 saturated carbocycles. The van der Waals surface area contributed by atoms with E-state index in [1.165, 1.54) is 5.57 Å². The second-order valence-electron chi connectivity index (χ2n) is 8.69. The van der Waals surface area contributed by atoms with Crippen LogP contribution in [0.2, 0.25) is 0 Å². The van der Waals surface area contributed by atoms with Crippen LogP contribution in [0.15, 0.2) is 16.1 Å². The van der Waals surface area contributed by atoms with Crippen LogP contribution in [-0.4, -0.2) is 53.7 Å². The summed E-state index contributed by atoms with van der Waals surface area (Å²) in [5.41, 5.74) is 2.05. The summed E-state index contributed by atoms with van der Waals surface area (Å²) in [6, 6.07) is 0. The van der Waals surface area contributed by atoms with Gasteiger partial charge in [-0.3, -0.25) is 9.69 Å². The summed E-state index contributed by atoms with van der Waals surface area (Å²) in [5.74, 6) is 1.60. The number of ether oxygens (including phenoxy) is 1. The Morgan fingerprint density at radius 3 is 2.93 bits per heavy atom. The summed E-state index contributed by atoms with van der Waals surface area (Å²) in [4.78, 5) is 19.2. The number of carbonyl (C=O) groups is 1. The van der Waals surface area contributed by atoms with Crippen LogP contribution in [0.25, 0.3) is 0 Å². The Bertz CT molecular complexity index is 752. The minimum absolute atomic E-state index is 0.0176. The van der Waals surface area contributed by atoms with Crippen LogP contribution in [0.4, 0.5) is 0 Å². The number of allylic oxidation sites excluding steroid dienone is 1. The third kappa shape index (κ3) is 3.45. The lowest BCUT2D eigenvalue weighted by Gasteiger charge is -2.29. The van der Waals surface area contributed by atoms with Crippen LogP contribution in [-0.2, 0) is 4.74 Å². The first kappa shape index (κ1) is 18.7. The van der Waals surface area contributed by atoms with E-state index in [1.54, 1.807) is 6.92 Å². The third-order valence-corrected chi connectivity index (χ3v) is 6.46. The van der Waals surface area contributed by atoms with E-state index >= 15 is 0 Å². The number of oxazole rings is 1. The number of rotatable bonds is 6. The van der Waals surface area contributed by atoms with Gasteiger partial charge >= 0.3 is 0 Å². The van der Waals surface area contributed by atoms with Crippen molar-refractivity contribution in [3.63, 3.8) is 0 Å². The molecule has 0 radical (unpaired) electrons. The monoisotopic (exact) mass is 373 g/mol. The van der Waals surface area contributed by atoms with Gasteiger partial charge in [-0.2, -0.15) is 0 Å². The fourth-order valence-electron chi connectivity index (χ4n) is 5.30. The molecular formula is C21H31N3O3. The van der Waals surface area contributed by atoms with Crippen molar-refractivity contribution >= 4 is 5.91 Å². The van der Waals surface area contributed by atoms with Crippen LogP contribution in [0.3, 0.4) is 0 Å². The van der Waals surface area contributed by atoms with E-state index in [1.807, 2.05) is 6.92 Å². The van der Waals surface area contributed by atoms with Crippen LogP contribution < -0.4 is 5.32 Å². The zero-order chi connectivity index (χ0) is 19.2. The van der Waals surface area contributed by atoms with E-state index in [2.05, 4.69) is 35.1 Å². The largest absolute Gasteiger partial charge is 0.436 e. The molecule has 4 heterocycles. The smallest absolute Gasteiger partial charge is 0.289 e. The van der Waals surface area contributed by atoms with Crippen molar-refractivity contribution in [2.45, 2.75) is 58.7 Å². The molecule has 4 rings (SSSR count). The van der Waals surface area contributed by atoms with Gasteiger partial charge in [-0.05, 0) is 40.0 Å². The number of carbonyl (C=O) groups excluding carboxylic acids is 1. The molecule has 0 unspecified atom stereocenters. The van der Waals surface area contributed by atoms with Crippen LogP contribution in [0.1, 0.15) is 55.2 Å². The number of likely N-dealkylation sites (tertiary alicyclic amines) is 1. The average molecular weight is 373 g/mol. The van der Waals surface area contributed by atoms with Gasteiger partial charge in [0, 0.05) is 44.9 Å². The lowest BCUT2D eigenvalue weighted by Crippen LogP contribution is -2.42. The Labute approximate surface area is 161 Å². The molecule has 148 valence electrons. The van der Waals surface area contributed by atoms with Gasteiger partial charge in [-0.15, -0.1) is 0 Å². The first-order chi connectivity index (χ1) is 12.9. The fraction of sp³-hybridized carbons (Fsp3) is 0.714. The summed E-state index contributed by atoms with van der Waals surface area (Å²) in [6.07, 6.45) is 5.96. The average Bonchev–Trinajstić information content (AvgIpc) is 3.31. The molecule has 3 aliphatic heterocycles. The van der Waals surface area contributed by atoms with Crippen LogP contribution in [0.5, 0.6) is 0 Å². The summed E-state index contributed by atoms with van der Waals surface area (Å²) < 4.78 is 11.9. The quantitative estimate of drug-likeness (QED) is 0.777. The van der Waals surface area contributed by atoms with Gasteiger partial charge in [0.2, 0.25) is 5.76 Å². The molecule has 2 bridgehead atoms. The molecule has 0 aliphatic carbocycles. The standard InChI is InChI=1S/C21H31N3O3/c1-13(2)6-5-9-24-11-17-16(18-7-8-21(17,12-24)27-18)10-22-20(25)19-14(3)23-15(4)26-19/h6,16-18H,5,7-12H2,1-4H3,(H,22,25)/t16-,17+,18+,21+/m0/s1. The number of amides is 1. The zero-order valence-corrected chi connectivity index (χ0v) is 16.9. The molecule has 27 heavy (non-hydrogen) atoms. The molecule has 3 saturated heterocycles. The highest BCUT2D eigenvalue weighted by atomic mass is 16.5. The normalized spacial score (nSPS) is 31.9. The predicted octanol–water partition coefficient (Wildman–Crippen LogP) is 2.86. The Kier molecular flexibility index (Phi) is 4.89. The van der Waals surface area contributed by atoms with E-state index in [0.717, 1.165) is 38.9 Å². The Balaban J connectivity index is 1.37. The van der Waals surface area contributed by atoms with E-state index in [4.69, 9.17) is 9.15 Å². The van der Waals surface area contributed by atoms with Crippen LogP contribution >= 0.6 is 0 Å². The number of hydrogen-bond acceptors (Lipinski definition) is 5. The van der Waals surface area contributed by atoms with Gasteiger partial charge in [0.05, 0.1) is 17.4 Å². The molecule has 1 amide bonds. The highest BCUT2D eigenvalue weighted by Crippen LogP contribution is 2.54. The van der Waals surface area contributed by atoms with E-state index in [0.29, 0.717) is 35.7 Å². The minimum Gasteiger partial charge on any atom is -0.436 e. The minimum atomic E-state index is -0.164. The number of aromatic nitrogens is 1. The highest BCUT2D eigenvalue weighted by Gasteiger charge is 2.62. The summed E-state index contributed by atoms with van der Waals surface area (Å²) in [7, 11) is 0. The predicted molar refractivity (Wildman–Crippen MR) is 103 cm³/mol. The lowest BCUT2D eigenvalue weighted by atomic mass is 9.73. The zero-order valence-electron chi connectivity index (χ0n) is 16.9. The number of nitrogens with one attached hydrogen (secondary N) is 1. The third-order valence-electron chi connectivity index (χ3n) is 6.46. The summed E-state index contributed by atoms with van der Waals surface area (Å²) >= 11 is 0. The van der Waals surface area contributed by atoms with Gasteiger partial charge in [0.15, 0.2) is 5.89 Å². The van der Waals surface area contributed by atoms with Crippen molar-refractivity contribution in [2.75, 3.05) is 26.2 Å². The molecule has 1 N–H and O–H groups in total. The fourth-order valence-corrected chi connectivity index (χ4v) is 5.30. The van der Waals surface area contributed by atoms with Gasteiger partial charge in [0.1, 0.15) is 0 Å². The van der Waals surface area contributed by atoms with Gasteiger partial charge in [-0.1, -0.05) is 11.6 Å². The Morgan fingerprint density at radius 2 is 2.22 bits per heavy atom. The lowest BCUT2D eigenvalue weighted by molar-refractivity contribution is 0.00290. The van der Waals surface area contributed by atoms with Crippen molar-refractivity contribution in [3.8, 4) is 0 Å². The second kappa shape index (κ2) is 7.06. The number of fused-ring (bicyclic) bond motifs is 1. The molecule has 1 spiro atoms. The maximum absolute atomic E-state index is 12.5. The van der Waals surface area contributed by atoms with Gasteiger partial charge in [0.25, 0.3) is 5.91 Å². The maximum atomic E-state index is 12.5. The van der Waals surface area contributed by atoms with Crippen molar-refractivity contribution in [1.29, 1.82) is 0 Å². The molecule has 0 aromatic carbocycles. The molecule has 3 fully saturated rings.